The second-order valence-electron chi connectivity index (χ2n) is 4.79. The molecule has 100 valence electrons. The Balaban J connectivity index is 3.23. The van der Waals surface area contributed by atoms with Crippen molar-refractivity contribution in [3.05, 3.63) is 28.3 Å². The minimum Gasteiger partial charge on any atom is -0.496 e. The van der Waals surface area contributed by atoms with E-state index >= 15 is 0 Å². The number of aliphatic carboxylic acids is 1. The highest BCUT2D eigenvalue weighted by atomic mass is 16.5. The first-order chi connectivity index (χ1) is 8.42. The number of benzene rings is 1. The highest BCUT2D eigenvalue weighted by molar-refractivity contribution is 5.70. The molecule has 0 saturated carbocycles. The summed E-state index contributed by atoms with van der Waals surface area (Å²) in [6.45, 7) is 7.97. The summed E-state index contributed by atoms with van der Waals surface area (Å²) in [5.41, 5.74) is 4.40. The lowest BCUT2D eigenvalue weighted by atomic mass is 9.90. The van der Waals surface area contributed by atoms with E-state index in [1.54, 1.807) is 7.11 Å². The molecule has 0 saturated heterocycles. The molecule has 1 unspecified atom stereocenters. The van der Waals surface area contributed by atoms with Gasteiger partial charge in [0.25, 0.3) is 0 Å². The molecule has 3 heteroatoms. The summed E-state index contributed by atoms with van der Waals surface area (Å²) in [4.78, 5) is 11.2. The standard InChI is InChI=1S/C15H22O3/c1-6-12(15(16)17)8-13-10(3)7-9(2)11(4)14(13)18-5/h7,12H,6,8H2,1-5H3,(H,16,17). The van der Waals surface area contributed by atoms with E-state index in [-0.39, 0.29) is 5.92 Å². The number of carboxylic acids is 1. The molecule has 1 aromatic carbocycles. The van der Waals surface area contributed by atoms with Crippen LogP contribution in [-0.2, 0) is 11.2 Å². The van der Waals surface area contributed by atoms with E-state index in [1.165, 1.54) is 5.56 Å². The van der Waals surface area contributed by atoms with Gasteiger partial charge in [-0.3, -0.25) is 4.79 Å². The van der Waals surface area contributed by atoms with Crippen LogP contribution in [0.4, 0.5) is 0 Å². The van der Waals surface area contributed by atoms with Crippen LogP contribution in [0.1, 0.15) is 35.6 Å². The summed E-state index contributed by atoms with van der Waals surface area (Å²) < 4.78 is 5.47. The average molecular weight is 250 g/mol. The Kier molecular flexibility index (Phi) is 4.76. The molecule has 1 aromatic rings. The highest BCUT2D eigenvalue weighted by Crippen LogP contribution is 2.31. The predicted octanol–water partition coefficient (Wildman–Crippen LogP) is 3.27. The molecule has 1 rings (SSSR count). The molecule has 0 heterocycles. The van der Waals surface area contributed by atoms with Gasteiger partial charge in [-0.1, -0.05) is 13.0 Å². The van der Waals surface area contributed by atoms with Gasteiger partial charge in [-0.2, -0.15) is 0 Å². The molecule has 0 bridgehead atoms. The first-order valence-electron chi connectivity index (χ1n) is 6.28. The van der Waals surface area contributed by atoms with Gasteiger partial charge in [-0.05, 0) is 55.9 Å². The maximum Gasteiger partial charge on any atom is 0.306 e. The number of aryl methyl sites for hydroxylation is 2. The highest BCUT2D eigenvalue weighted by Gasteiger charge is 2.20. The number of hydrogen-bond donors (Lipinski definition) is 1. The number of methoxy groups -OCH3 is 1. The van der Waals surface area contributed by atoms with E-state index < -0.39 is 5.97 Å². The van der Waals surface area contributed by atoms with Crippen molar-refractivity contribution in [2.75, 3.05) is 7.11 Å². The molecule has 0 aliphatic carbocycles. The Morgan fingerprint density at radius 1 is 1.33 bits per heavy atom. The Morgan fingerprint density at radius 3 is 2.39 bits per heavy atom. The van der Waals surface area contributed by atoms with Crippen LogP contribution in [0.3, 0.4) is 0 Å². The van der Waals surface area contributed by atoms with Crippen molar-refractivity contribution in [1.29, 1.82) is 0 Å². The molecule has 18 heavy (non-hydrogen) atoms. The number of hydrogen-bond acceptors (Lipinski definition) is 2. The van der Waals surface area contributed by atoms with Crippen molar-refractivity contribution in [3.63, 3.8) is 0 Å². The maximum absolute atomic E-state index is 11.2. The fourth-order valence-corrected chi connectivity index (χ4v) is 2.29. The molecule has 0 spiro atoms. The largest absolute Gasteiger partial charge is 0.496 e. The second kappa shape index (κ2) is 5.89. The van der Waals surface area contributed by atoms with E-state index in [2.05, 4.69) is 6.07 Å². The molecule has 0 radical (unpaired) electrons. The van der Waals surface area contributed by atoms with Gasteiger partial charge in [0.15, 0.2) is 0 Å². The topological polar surface area (TPSA) is 46.5 Å². The summed E-state index contributed by atoms with van der Waals surface area (Å²) in [7, 11) is 1.65. The monoisotopic (exact) mass is 250 g/mol. The first kappa shape index (κ1) is 14.6. The quantitative estimate of drug-likeness (QED) is 0.872. The zero-order valence-corrected chi connectivity index (χ0v) is 11.8. The van der Waals surface area contributed by atoms with Crippen LogP contribution < -0.4 is 4.74 Å². The van der Waals surface area contributed by atoms with Gasteiger partial charge in [0.1, 0.15) is 5.75 Å². The van der Waals surface area contributed by atoms with Gasteiger partial charge < -0.3 is 9.84 Å². The number of carbonyl (C=O) groups is 1. The zero-order chi connectivity index (χ0) is 13.9. The summed E-state index contributed by atoms with van der Waals surface area (Å²) in [5, 5.41) is 9.17. The van der Waals surface area contributed by atoms with Crippen LogP contribution in [-0.4, -0.2) is 18.2 Å². The van der Waals surface area contributed by atoms with Crippen molar-refractivity contribution in [2.24, 2.45) is 5.92 Å². The van der Waals surface area contributed by atoms with Crippen LogP contribution in [0, 0.1) is 26.7 Å². The third kappa shape index (κ3) is 2.84. The van der Waals surface area contributed by atoms with Gasteiger partial charge in [-0.25, -0.2) is 0 Å². The Labute approximate surface area is 109 Å². The molecule has 0 aromatic heterocycles. The van der Waals surface area contributed by atoms with E-state index in [0.717, 1.165) is 22.4 Å². The van der Waals surface area contributed by atoms with Crippen molar-refractivity contribution in [2.45, 2.75) is 40.5 Å². The lowest BCUT2D eigenvalue weighted by Gasteiger charge is -2.19. The Bertz CT molecular complexity index is 450. The molecular formula is C15H22O3. The molecule has 0 amide bonds. The lowest BCUT2D eigenvalue weighted by molar-refractivity contribution is -0.141. The van der Waals surface area contributed by atoms with E-state index in [1.807, 2.05) is 27.7 Å². The molecule has 0 fully saturated rings. The number of ether oxygens (including phenoxy) is 1. The van der Waals surface area contributed by atoms with Crippen LogP contribution in [0.25, 0.3) is 0 Å². The first-order valence-corrected chi connectivity index (χ1v) is 6.28. The molecule has 0 aliphatic heterocycles. The maximum atomic E-state index is 11.2. The smallest absolute Gasteiger partial charge is 0.306 e. The van der Waals surface area contributed by atoms with Crippen molar-refractivity contribution < 1.29 is 14.6 Å². The predicted molar refractivity (Wildman–Crippen MR) is 72.3 cm³/mol. The SMILES string of the molecule is CCC(Cc1c(C)cc(C)c(C)c1OC)C(=O)O. The van der Waals surface area contributed by atoms with Gasteiger partial charge in [0.05, 0.1) is 13.0 Å². The summed E-state index contributed by atoms with van der Waals surface area (Å²) >= 11 is 0. The normalized spacial score (nSPS) is 12.3. The van der Waals surface area contributed by atoms with Crippen LogP contribution in [0.2, 0.25) is 0 Å². The second-order valence-corrected chi connectivity index (χ2v) is 4.79. The minimum absolute atomic E-state index is 0.347. The summed E-state index contributed by atoms with van der Waals surface area (Å²) in [5.74, 6) is -0.246. The van der Waals surface area contributed by atoms with Gasteiger partial charge in [0, 0.05) is 0 Å². The van der Waals surface area contributed by atoms with Crippen LogP contribution in [0.15, 0.2) is 6.07 Å². The summed E-state index contributed by atoms with van der Waals surface area (Å²) in [6.07, 6.45) is 1.16. The fourth-order valence-electron chi connectivity index (χ4n) is 2.29. The van der Waals surface area contributed by atoms with Gasteiger partial charge in [0.2, 0.25) is 0 Å². The lowest BCUT2D eigenvalue weighted by Crippen LogP contribution is -2.17. The molecule has 0 aliphatic rings. The van der Waals surface area contributed by atoms with Gasteiger partial charge >= 0.3 is 5.97 Å². The fraction of sp³-hybridized carbons (Fsp3) is 0.533. The molecule has 3 nitrogen and oxygen atoms in total. The van der Waals surface area contributed by atoms with E-state index in [9.17, 15) is 9.90 Å². The number of rotatable bonds is 5. The zero-order valence-electron chi connectivity index (χ0n) is 11.8. The minimum atomic E-state index is -0.739. The molecule has 1 atom stereocenters. The molecule has 1 N–H and O–H groups in total. The Morgan fingerprint density at radius 2 is 1.94 bits per heavy atom. The van der Waals surface area contributed by atoms with E-state index in [4.69, 9.17) is 4.74 Å². The Hall–Kier alpha value is -1.51. The van der Waals surface area contributed by atoms with Crippen LogP contribution in [0.5, 0.6) is 5.75 Å². The third-order valence-corrected chi connectivity index (χ3v) is 3.61. The van der Waals surface area contributed by atoms with Crippen molar-refractivity contribution in [3.8, 4) is 5.75 Å². The molecular weight excluding hydrogens is 228 g/mol. The van der Waals surface area contributed by atoms with E-state index in [0.29, 0.717) is 12.8 Å². The summed E-state index contributed by atoms with van der Waals surface area (Å²) in [6, 6.07) is 2.10. The third-order valence-electron chi connectivity index (χ3n) is 3.61. The number of carboxylic acid groups (broad SMARTS) is 1. The van der Waals surface area contributed by atoms with Gasteiger partial charge in [-0.15, -0.1) is 0 Å². The van der Waals surface area contributed by atoms with Crippen LogP contribution >= 0.6 is 0 Å². The van der Waals surface area contributed by atoms with Crippen molar-refractivity contribution in [1.82, 2.24) is 0 Å². The van der Waals surface area contributed by atoms with Crippen molar-refractivity contribution >= 4 is 5.97 Å². The average Bonchev–Trinajstić information content (AvgIpc) is 2.31.